The molecule has 1 aromatic carbocycles. The number of halogens is 3. The zero-order valence-electron chi connectivity index (χ0n) is 13.0. The summed E-state index contributed by atoms with van der Waals surface area (Å²) in [7, 11) is 1.31. The van der Waals surface area contributed by atoms with Crippen molar-refractivity contribution >= 4 is 5.91 Å². The van der Waals surface area contributed by atoms with Crippen molar-refractivity contribution in [2.45, 2.75) is 44.4 Å². The molecule has 0 saturated heterocycles. The fourth-order valence-corrected chi connectivity index (χ4v) is 2.89. The molecule has 1 amide bonds. The van der Waals surface area contributed by atoms with E-state index in [1.165, 1.54) is 19.2 Å². The van der Waals surface area contributed by atoms with Crippen LogP contribution in [0.25, 0.3) is 0 Å². The fourth-order valence-electron chi connectivity index (χ4n) is 2.89. The maximum Gasteiger partial charge on any atom is 0.416 e. The maximum atomic E-state index is 13.1. The van der Waals surface area contributed by atoms with Gasteiger partial charge in [-0.05, 0) is 37.0 Å². The highest BCUT2D eigenvalue weighted by Gasteiger charge is 2.34. The number of carbonyl (C=O) groups excluding carboxylic acids is 1. The molecule has 2 atom stereocenters. The first kappa shape index (κ1) is 17.6. The Labute approximate surface area is 133 Å². The van der Waals surface area contributed by atoms with E-state index in [-0.39, 0.29) is 35.7 Å². The van der Waals surface area contributed by atoms with E-state index in [4.69, 9.17) is 10.5 Å². The van der Waals surface area contributed by atoms with Crippen molar-refractivity contribution in [1.29, 1.82) is 0 Å². The molecule has 1 aliphatic carbocycles. The van der Waals surface area contributed by atoms with E-state index in [9.17, 15) is 18.0 Å². The van der Waals surface area contributed by atoms with E-state index in [1.54, 1.807) is 0 Å². The summed E-state index contributed by atoms with van der Waals surface area (Å²) >= 11 is 0. The van der Waals surface area contributed by atoms with Gasteiger partial charge in [0.15, 0.2) is 0 Å². The van der Waals surface area contributed by atoms with Crippen molar-refractivity contribution in [2.75, 3.05) is 7.11 Å². The first-order valence-corrected chi connectivity index (χ1v) is 7.58. The third-order valence-corrected chi connectivity index (χ3v) is 4.16. The lowest BCUT2D eigenvalue weighted by molar-refractivity contribution is -0.138. The molecule has 0 bridgehead atoms. The predicted molar refractivity (Wildman–Crippen MR) is 79.8 cm³/mol. The van der Waals surface area contributed by atoms with Gasteiger partial charge in [0.05, 0.1) is 12.7 Å². The number of nitrogens with two attached hydrogens (primary N) is 1. The van der Waals surface area contributed by atoms with E-state index < -0.39 is 11.7 Å². The molecule has 4 nitrogen and oxygen atoms in total. The van der Waals surface area contributed by atoms with Crippen molar-refractivity contribution in [2.24, 2.45) is 11.7 Å². The second kappa shape index (κ2) is 7.21. The number of methoxy groups -OCH3 is 1. The molecule has 1 fully saturated rings. The van der Waals surface area contributed by atoms with Gasteiger partial charge >= 0.3 is 6.18 Å². The largest absolute Gasteiger partial charge is 0.497 e. The second-order valence-corrected chi connectivity index (χ2v) is 5.86. The van der Waals surface area contributed by atoms with Crippen LogP contribution in [0.4, 0.5) is 13.2 Å². The van der Waals surface area contributed by atoms with Crippen LogP contribution in [0.1, 0.15) is 36.8 Å². The van der Waals surface area contributed by atoms with Gasteiger partial charge in [-0.3, -0.25) is 4.79 Å². The van der Waals surface area contributed by atoms with Crippen molar-refractivity contribution < 1.29 is 22.7 Å². The van der Waals surface area contributed by atoms with Gasteiger partial charge in [-0.2, -0.15) is 13.2 Å². The maximum absolute atomic E-state index is 13.1. The Balaban J connectivity index is 2.06. The Morgan fingerprint density at radius 1 is 1.39 bits per heavy atom. The molecule has 0 spiro atoms. The molecule has 0 aromatic heterocycles. The van der Waals surface area contributed by atoms with Crippen LogP contribution in [0.5, 0.6) is 5.75 Å². The van der Waals surface area contributed by atoms with Gasteiger partial charge in [0.1, 0.15) is 5.75 Å². The molecule has 1 saturated carbocycles. The Hall–Kier alpha value is -1.76. The number of carbonyl (C=O) groups is 1. The van der Waals surface area contributed by atoms with E-state index in [0.717, 1.165) is 25.3 Å². The van der Waals surface area contributed by atoms with Crippen LogP contribution in [-0.2, 0) is 17.5 Å². The number of alkyl halides is 3. The van der Waals surface area contributed by atoms with Crippen LogP contribution < -0.4 is 15.8 Å². The molecule has 1 aliphatic rings. The highest BCUT2D eigenvalue weighted by atomic mass is 19.4. The van der Waals surface area contributed by atoms with Crippen LogP contribution in [0.15, 0.2) is 18.2 Å². The highest BCUT2D eigenvalue weighted by molar-refractivity contribution is 5.78. The lowest BCUT2D eigenvalue weighted by Gasteiger charge is -2.25. The Kier molecular flexibility index (Phi) is 5.51. The van der Waals surface area contributed by atoms with Crippen molar-refractivity contribution in [1.82, 2.24) is 5.32 Å². The van der Waals surface area contributed by atoms with E-state index in [2.05, 4.69) is 5.32 Å². The van der Waals surface area contributed by atoms with Gasteiger partial charge in [0.25, 0.3) is 0 Å². The quantitative estimate of drug-likeness (QED) is 0.892. The summed E-state index contributed by atoms with van der Waals surface area (Å²) in [5.41, 5.74) is 5.07. The Bertz CT molecular complexity index is 561. The average molecular weight is 330 g/mol. The van der Waals surface area contributed by atoms with E-state index in [0.29, 0.717) is 6.42 Å². The monoisotopic (exact) mass is 330 g/mol. The predicted octanol–water partition coefficient (Wildman–Crippen LogP) is 2.85. The summed E-state index contributed by atoms with van der Waals surface area (Å²) in [6.45, 7) is -0.163. The summed E-state index contributed by atoms with van der Waals surface area (Å²) in [6, 6.07) is 3.71. The van der Waals surface area contributed by atoms with E-state index in [1.807, 2.05) is 0 Å². The molecule has 7 heteroatoms. The SMILES string of the molecule is COc1ccc(CNC(=O)C2CCCC(N)C2)c(C(F)(F)F)c1. The average Bonchev–Trinajstić information content (AvgIpc) is 2.51. The zero-order chi connectivity index (χ0) is 17.0. The van der Waals surface area contributed by atoms with Gasteiger partial charge in [-0.1, -0.05) is 12.5 Å². The topological polar surface area (TPSA) is 64.3 Å². The number of hydrogen-bond donors (Lipinski definition) is 2. The fraction of sp³-hybridized carbons (Fsp3) is 0.562. The summed E-state index contributed by atoms with van der Waals surface area (Å²) in [5, 5.41) is 2.60. The van der Waals surface area contributed by atoms with Gasteiger partial charge in [0.2, 0.25) is 5.91 Å². The lowest BCUT2D eigenvalue weighted by Crippen LogP contribution is -2.37. The standard InChI is InChI=1S/C16H21F3N2O2/c1-23-13-6-5-11(14(8-13)16(17,18)19)9-21-15(22)10-3-2-4-12(20)7-10/h5-6,8,10,12H,2-4,7,9,20H2,1H3,(H,21,22). The number of ether oxygens (including phenoxy) is 1. The minimum Gasteiger partial charge on any atom is -0.497 e. The van der Waals surface area contributed by atoms with Crippen LogP contribution in [-0.4, -0.2) is 19.1 Å². The lowest BCUT2D eigenvalue weighted by atomic mass is 9.85. The van der Waals surface area contributed by atoms with Crippen LogP contribution in [0, 0.1) is 5.92 Å². The Morgan fingerprint density at radius 2 is 2.13 bits per heavy atom. The molecule has 1 aromatic rings. The molecule has 3 N–H and O–H groups in total. The Morgan fingerprint density at radius 3 is 2.74 bits per heavy atom. The number of amides is 1. The number of benzene rings is 1. The summed E-state index contributed by atoms with van der Waals surface area (Å²) in [6.07, 6.45) is -1.42. The molecule has 0 aliphatic heterocycles. The first-order valence-electron chi connectivity index (χ1n) is 7.58. The molecular weight excluding hydrogens is 309 g/mol. The van der Waals surface area contributed by atoms with E-state index >= 15 is 0 Å². The van der Waals surface area contributed by atoms with Crippen LogP contribution in [0.2, 0.25) is 0 Å². The molecule has 0 heterocycles. The summed E-state index contributed by atoms with van der Waals surface area (Å²) in [5.74, 6) is -0.318. The summed E-state index contributed by atoms with van der Waals surface area (Å²) in [4.78, 5) is 12.1. The van der Waals surface area contributed by atoms with Gasteiger partial charge < -0.3 is 15.8 Å². The minimum absolute atomic E-state index is 0.00813. The second-order valence-electron chi connectivity index (χ2n) is 5.86. The smallest absolute Gasteiger partial charge is 0.416 e. The minimum atomic E-state index is -4.50. The normalized spacial score (nSPS) is 21.8. The molecule has 2 unspecified atom stereocenters. The third kappa shape index (κ3) is 4.60. The van der Waals surface area contributed by atoms with Crippen molar-refractivity contribution in [3.8, 4) is 5.75 Å². The van der Waals surface area contributed by atoms with Crippen molar-refractivity contribution in [3.63, 3.8) is 0 Å². The van der Waals surface area contributed by atoms with Gasteiger partial charge in [-0.25, -0.2) is 0 Å². The molecule has 2 rings (SSSR count). The number of hydrogen-bond acceptors (Lipinski definition) is 3. The molecular formula is C16H21F3N2O2. The van der Waals surface area contributed by atoms with Gasteiger partial charge in [0, 0.05) is 18.5 Å². The number of nitrogens with one attached hydrogen (secondary N) is 1. The first-order chi connectivity index (χ1) is 10.8. The van der Waals surface area contributed by atoms with Crippen LogP contribution >= 0.6 is 0 Å². The molecule has 23 heavy (non-hydrogen) atoms. The van der Waals surface area contributed by atoms with Crippen LogP contribution in [0.3, 0.4) is 0 Å². The zero-order valence-corrected chi connectivity index (χ0v) is 13.0. The molecule has 0 radical (unpaired) electrons. The van der Waals surface area contributed by atoms with Crippen molar-refractivity contribution in [3.05, 3.63) is 29.3 Å². The molecule has 128 valence electrons. The summed E-state index contributed by atoms with van der Waals surface area (Å²) < 4.78 is 44.2. The van der Waals surface area contributed by atoms with Gasteiger partial charge in [-0.15, -0.1) is 0 Å². The highest BCUT2D eigenvalue weighted by Crippen LogP contribution is 2.34. The number of rotatable bonds is 4. The third-order valence-electron chi connectivity index (χ3n) is 4.16.